The summed E-state index contributed by atoms with van der Waals surface area (Å²) in [5.41, 5.74) is 8.70. The Morgan fingerprint density at radius 3 is 2.61 bits per heavy atom. The first-order valence-corrected chi connectivity index (χ1v) is 11.0. The smallest absolute Gasteiger partial charge is 0.258 e. The van der Waals surface area contributed by atoms with Crippen molar-refractivity contribution in [1.29, 1.82) is 0 Å². The van der Waals surface area contributed by atoms with Gasteiger partial charge in [0.05, 0.1) is 17.8 Å². The molecule has 3 heterocycles. The van der Waals surface area contributed by atoms with Crippen LogP contribution >= 0.6 is 0 Å². The molecular formula is C25H24N6O2. The first-order chi connectivity index (χ1) is 16.1. The van der Waals surface area contributed by atoms with Crippen molar-refractivity contribution in [2.75, 3.05) is 0 Å². The van der Waals surface area contributed by atoms with Crippen LogP contribution in [-0.2, 0) is 24.7 Å². The van der Waals surface area contributed by atoms with E-state index in [9.17, 15) is 9.59 Å². The van der Waals surface area contributed by atoms with Crippen molar-refractivity contribution in [2.45, 2.75) is 32.6 Å². The van der Waals surface area contributed by atoms with Gasteiger partial charge in [-0.1, -0.05) is 55.8 Å². The van der Waals surface area contributed by atoms with Crippen molar-refractivity contribution in [3.05, 3.63) is 87.6 Å². The molecule has 1 N–H and O–H groups in total. The summed E-state index contributed by atoms with van der Waals surface area (Å²) >= 11 is 0. The van der Waals surface area contributed by atoms with Crippen LogP contribution in [0.2, 0.25) is 0 Å². The van der Waals surface area contributed by atoms with E-state index in [1.807, 2.05) is 48.5 Å². The van der Waals surface area contributed by atoms with Gasteiger partial charge in [0, 0.05) is 24.6 Å². The van der Waals surface area contributed by atoms with E-state index in [-0.39, 0.29) is 17.9 Å². The predicted octanol–water partition coefficient (Wildman–Crippen LogP) is 2.86. The molecule has 0 saturated carbocycles. The summed E-state index contributed by atoms with van der Waals surface area (Å²) in [7, 11) is 1.72. The maximum absolute atomic E-state index is 13.3. The molecule has 33 heavy (non-hydrogen) atoms. The van der Waals surface area contributed by atoms with Gasteiger partial charge in [-0.2, -0.15) is 15.2 Å². The van der Waals surface area contributed by atoms with Gasteiger partial charge in [0.2, 0.25) is 11.7 Å². The van der Waals surface area contributed by atoms with E-state index < -0.39 is 0 Å². The number of carbonyl (C=O) groups is 1. The largest absolute Gasteiger partial charge is 0.280 e. The van der Waals surface area contributed by atoms with Crippen molar-refractivity contribution in [2.24, 2.45) is 12.1 Å². The average Bonchev–Trinajstić information content (AvgIpc) is 3.50. The summed E-state index contributed by atoms with van der Waals surface area (Å²) in [4.78, 5) is 29.4. The maximum atomic E-state index is 13.3. The number of aryl methyl sites for hydroxylation is 2. The molecule has 5 rings (SSSR count). The van der Waals surface area contributed by atoms with Crippen LogP contribution in [0.3, 0.4) is 0 Å². The van der Waals surface area contributed by atoms with Crippen LogP contribution in [0.5, 0.6) is 0 Å². The molecule has 8 heteroatoms. The Hall–Kier alpha value is -4.07. The number of fused-ring (bicyclic) bond motifs is 1. The standard InChI is InChI=1S/C25H24N6O2/c1-3-7-22-20(24(33)30(2)25-26-15-27-31(22)25)13-16-10-11-18(17-8-5-4-6-9-17)19(12-16)21-14-23(32)29-28-21/h4-6,8-12,15H,3,7,13-14H2,1-2H3,(H,29,32). The molecule has 0 aliphatic carbocycles. The third-order valence-corrected chi connectivity index (χ3v) is 5.99. The zero-order valence-electron chi connectivity index (χ0n) is 18.6. The number of rotatable bonds is 6. The van der Waals surface area contributed by atoms with E-state index in [4.69, 9.17) is 0 Å². The quantitative estimate of drug-likeness (QED) is 0.499. The minimum atomic E-state index is -0.120. The number of benzene rings is 2. The Bertz CT molecular complexity index is 1450. The number of carbonyl (C=O) groups excluding carboxylic acids is 1. The molecule has 0 bridgehead atoms. The SMILES string of the molecule is CCCc1c(Cc2ccc(-c3ccccc3)c(C3=NNC(=O)C3)c2)c(=O)n(C)c2ncnn12. The third kappa shape index (κ3) is 3.73. The van der Waals surface area contributed by atoms with Gasteiger partial charge in [-0.15, -0.1) is 0 Å². The molecule has 1 aliphatic heterocycles. The first-order valence-electron chi connectivity index (χ1n) is 11.0. The highest BCUT2D eigenvalue weighted by atomic mass is 16.2. The second kappa shape index (κ2) is 8.46. The Morgan fingerprint density at radius 2 is 1.88 bits per heavy atom. The summed E-state index contributed by atoms with van der Waals surface area (Å²) in [6.07, 6.45) is 3.78. The molecule has 0 unspecified atom stereocenters. The Labute approximate surface area is 190 Å². The fourth-order valence-electron chi connectivity index (χ4n) is 4.40. The molecule has 0 spiro atoms. The van der Waals surface area contributed by atoms with Gasteiger partial charge >= 0.3 is 0 Å². The van der Waals surface area contributed by atoms with Crippen LogP contribution in [0.25, 0.3) is 16.9 Å². The highest BCUT2D eigenvalue weighted by Gasteiger charge is 2.22. The van der Waals surface area contributed by atoms with Crippen molar-refractivity contribution in [3.8, 4) is 11.1 Å². The molecule has 166 valence electrons. The van der Waals surface area contributed by atoms with Crippen LogP contribution in [-0.4, -0.2) is 30.8 Å². The second-order valence-corrected chi connectivity index (χ2v) is 8.20. The topological polar surface area (TPSA) is 93.6 Å². The second-order valence-electron chi connectivity index (χ2n) is 8.20. The summed E-state index contributed by atoms with van der Waals surface area (Å²) in [5.74, 6) is 0.419. The lowest BCUT2D eigenvalue weighted by atomic mass is 9.91. The molecule has 0 saturated heterocycles. The number of hydrazone groups is 1. The molecule has 2 aromatic heterocycles. The van der Waals surface area contributed by atoms with Crippen molar-refractivity contribution < 1.29 is 4.79 Å². The lowest BCUT2D eigenvalue weighted by Gasteiger charge is -2.15. The molecule has 0 atom stereocenters. The van der Waals surface area contributed by atoms with Crippen LogP contribution in [0.4, 0.5) is 0 Å². The molecule has 2 aromatic carbocycles. The number of hydrogen-bond acceptors (Lipinski definition) is 5. The Morgan fingerprint density at radius 1 is 1.06 bits per heavy atom. The number of hydrogen-bond donors (Lipinski definition) is 1. The zero-order valence-corrected chi connectivity index (χ0v) is 18.6. The van der Waals surface area contributed by atoms with E-state index in [1.54, 1.807) is 16.1 Å². The van der Waals surface area contributed by atoms with Crippen molar-refractivity contribution >= 4 is 17.4 Å². The molecule has 0 radical (unpaired) electrons. The zero-order chi connectivity index (χ0) is 22.9. The fraction of sp³-hybridized carbons (Fsp3) is 0.240. The van der Waals surface area contributed by atoms with Gasteiger partial charge in [-0.05, 0) is 29.2 Å². The van der Waals surface area contributed by atoms with Gasteiger partial charge in [-0.3, -0.25) is 14.2 Å². The van der Waals surface area contributed by atoms with Gasteiger partial charge < -0.3 is 0 Å². The molecule has 4 aromatic rings. The van der Waals surface area contributed by atoms with Crippen molar-refractivity contribution in [3.63, 3.8) is 0 Å². The van der Waals surface area contributed by atoms with Gasteiger partial charge in [-0.25, -0.2) is 9.94 Å². The average molecular weight is 441 g/mol. The minimum Gasteiger partial charge on any atom is -0.280 e. The summed E-state index contributed by atoms with van der Waals surface area (Å²) in [6, 6.07) is 16.2. The fourth-order valence-corrected chi connectivity index (χ4v) is 4.40. The molecule has 1 aliphatic rings. The summed E-state index contributed by atoms with van der Waals surface area (Å²) in [6.45, 7) is 2.08. The summed E-state index contributed by atoms with van der Waals surface area (Å²) < 4.78 is 3.31. The van der Waals surface area contributed by atoms with Crippen LogP contribution in [0, 0.1) is 0 Å². The molecule has 8 nitrogen and oxygen atoms in total. The van der Waals surface area contributed by atoms with Crippen molar-refractivity contribution in [1.82, 2.24) is 24.6 Å². The summed E-state index contributed by atoms with van der Waals surface area (Å²) in [5, 5.41) is 8.63. The highest BCUT2D eigenvalue weighted by molar-refractivity contribution is 6.16. The third-order valence-electron chi connectivity index (χ3n) is 5.99. The van der Waals surface area contributed by atoms with Crippen LogP contribution < -0.4 is 11.0 Å². The monoisotopic (exact) mass is 440 g/mol. The highest BCUT2D eigenvalue weighted by Crippen LogP contribution is 2.28. The number of aromatic nitrogens is 4. The van der Waals surface area contributed by atoms with Crippen LogP contribution in [0.1, 0.15) is 42.1 Å². The van der Waals surface area contributed by atoms with E-state index in [0.29, 0.717) is 23.5 Å². The maximum Gasteiger partial charge on any atom is 0.258 e. The molecular weight excluding hydrogens is 416 g/mol. The van der Waals surface area contributed by atoms with E-state index in [0.717, 1.165) is 40.8 Å². The lowest BCUT2D eigenvalue weighted by Crippen LogP contribution is -2.27. The Balaban J connectivity index is 1.64. The number of nitrogens with zero attached hydrogens (tertiary/aromatic N) is 5. The molecule has 0 fully saturated rings. The first kappa shape index (κ1) is 20.8. The predicted molar refractivity (Wildman–Crippen MR) is 126 cm³/mol. The number of amides is 1. The van der Waals surface area contributed by atoms with E-state index in [1.165, 1.54) is 6.33 Å². The Kier molecular flexibility index (Phi) is 5.34. The lowest BCUT2D eigenvalue weighted by molar-refractivity contribution is -0.119. The minimum absolute atomic E-state index is 0.0670. The van der Waals surface area contributed by atoms with Gasteiger partial charge in [0.1, 0.15) is 6.33 Å². The van der Waals surface area contributed by atoms with E-state index in [2.05, 4.69) is 27.5 Å². The van der Waals surface area contributed by atoms with Gasteiger partial charge in [0.25, 0.3) is 5.56 Å². The molecule has 1 amide bonds. The van der Waals surface area contributed by atoms with E-state index >= 15 is 0 Å². The normalized spacial score (nSPS) is 13.4. The van der Waals surface area contributed by atoms with Crippen LogP contribution in [0.15, 0.2) is 64.8 Å². The number of nitrogens with one attached hydrogen (secondary N) is 1. The van der Waals surface area contributed by atoms with Gasteiger partial charge in [0.15, 0.2) is 0 Å².